The van der Waals surface area contributed by atoms with Gasteiger partial charge in [0.15, 0.2) is 9.90 Å². The van der Waals surface area contributed by atoms with Gasteiger partial charge in [0.05, 0.1) is 5.51 Å². The van der Waals surface area contributed by atoms with Gasteiger partial charge >= 0.3 is 5.97 Å². The number of sulfonamides is 1. The van der Waals surface area contributed by atoms with Crippen LogP contribution in [0.25, 0.3) is 0 Å². The van der Waals surface area contributed by atoms with Crippen molar-refractivity contribution in [1.82, 2.24) is 9.29 Å². The van der Waals surface area contributed by atoms with Crippen LogP contribution in [0.5, 0.6) is 0 Å². The molecule has 0 spiro atoms. The Hall–Kier alpha value is -0.990. The monoisotopic (exact) mass is 276 g/mol. The average Bonchev–Trinajstić information content (AvgIpc) is 2.84. The Morgan fingerprint density at radius 3 is 2.88 bits per heavy atom. The van der Waals surface area contributed by atoms with E-state index in [1.165, 1.54) is 9.82 Å². The van der Waals surface area contributed by atoms with Crippen molar-refractivity contribution in [2.24, 2.45) is 0 Å². The minimum Gasteiger partial charge on any atom is -0.476 e. The summed E-state index contributed by atoms with van der Waals surface area (Å²) in [4.78, 5) is 14.5. The Morgan fingerprint density at radius 1 is 1.65 bits per heavy atom. The van der Waals surface area contributed by atoms with Gasteiger partial charge in [0, 0.05) is 12.6 Å². The second kappa shape index (κ2) is 4.35. The lowest BCUT2D eigenvalue weighted by atomic mass is 10.3. The van der Waals surface area contributed by atoms with E-state index in [4.69, 9.17) is 5.11 Å². The topological polar surface area (TPSA) is 87.6 Å². The Kier molecular flexibility index (Phi) is 3.19. The van der Waals surface area contributed by atoms with Crippen LogP contribution in [0.4, 0.5) is 0 Å². The number of aromatic nitrogens is 1. The number of aromatic carboxylic acids is 1. The van der Waals surface area contributed by atoms with Crippen LogP contribution in [0.15, 0.2) is 9.72 Å². The highest BCUT2D eigenvalue weighted by Gasteiger charge is 2.36. The first-order chi connectivity index (χ1) is 7.94. The maximum atomic E-state index is 12.3. The molecule has 1 aromatic heterocycles. The smallest absolute Gasteiger partial charge is 0.356 e. The molecule has 1 aromatic rings. The van der Waals surface area contributed by atoms with E-state index in [9.17, 15) is 13.2 Å². The molecule has 8 heteroatoms. The van der Waals surface area contributed by atoms with E-state index in [-0.39, 0.29) is 15.9 Å². The number of thiazole rings is 1. The van der Waals surface area contributed by atoms with Crippen LogP contribution in [0.3, 0.4) is 0 Å². The highest BCUT2D eigenvalue weighted by molar-refractivity contribution is 7.91. The van der Waals surface area contributed by atoms with Gasteiger partial charge < -0.3 is 5.11 Å². The summed E-state index contributed by atoms with van der Waals surface area (Å²) >= 11 is 0.852. The number of carbonyl (C=O) groups is 1. The Bertz CT molecular complexity index is 537. The molecule has 1 fully saturated rings. The van der Waals surface area contributed by atoms with Gasteiger partial charge in [0.25, 0.3) is 10.0 Å². The van der Waals surface area contributed by atoms with Crippen molar-refractivity contribution in [1.29, 1.82) is 0 Å². The van der Waals surface area contributed by atoms with Gasteiger partial charge in [-0.2, -0.15) is 4.31 Å². The van der Waals surface area contributed by atoms with Crippen molar-refractivity contribution >= 4 is 27.3 Å². The van der Waals surface area contributed by atoms with Crippen molar-refractivity contribution in [2.75, 3.05) is 6.54 Å². The largest absolute Gasteiger partial charge is 0.476 e. The van der Waals surface area contributed by atoms with Gasteiger partial charge in [-0.15, -0.1) is 11.3 Å². The van der Waals surface area contributed by atoms with Crippen LogP contribution in [-0.4, -0.2) is 41.4 Å². The molecule has 6 nitrogen and oxygen atoms in total. The average molecular weight is 276 g/mol. The van der Waals surface area contributed by atoms with Gasteiger partial charge in [-0.1, -0.05) is 0 Å². The Morgan fingerprint density at radius 2 is 2.35 bits per heavy atom. The molecule has 0 amide bonds. The van der Waals surface area contributed by atoms with Crippen molar-refractivity contribution in [3.63, 3.8) is 0 Å². The third-order valence-electron chi connectivity index (χ3n) is 2.77. The maximum absolute atomic E-state index is 12.3. The minimum absolute atomic E-state index is 0.0799. The SMILES string of the molecule is CC1CCCN1S(=O)(=O)c1scnc1C(=O)O. The van der Waals surface area contributed by atoms with E-state index in [2.05, 4.69) is 4.98 Å². The lowest BCUT2D eigenvalue weighted by molar-refractivity contribution is 0.0687. The van der Waals surface area contributed by atoms with Gasteiger partial charge in [0.2, 0.25) is 0 Å². The molecule has 0 saturated carbocycles. The molecule has 1 aliphatic heterocycles. The summed E-state index contributed by atoms with van der Waals surface area (Å²) in [5.41, 5.74) is 0.867. The highest BCUT2D eigenvalue weighted by Crippen LogP contribution is 2.29. The van der Waals surface area contributed by atoms with Crippen LogP contribution >= 0.6 is 11.3 Å². The summed E-state index contributed by atoms with van der Waals surface area (Å²) in [5, 5.41) is 8.89. The minimum atomic E-state index is -3.71. The van der Waals surface area contributed by atoms with Crippen LogP contribution in [0.1, 0.15) is 30.3 Å². The van der Waals surface area contributed by atoms with Crippen molar-refractivity contribution < 1.29 is 18.3 Å². The van der Waals surface area contributed by atoms with Crippen molar-refractivity contribution in [3.8, 4) is 0 Å². The third-order valence-corrected chi connectivity index (χ3v) is 6.13. The first kappa shape index (κ1) is 12.5. The number of nitrogens with zero attached hydrogens (tertiary/aromatic N) is 2. The fraction of sp³-hybridized carbons (Fsp3) is 0.556. The summed E-state index contributed by atoms with van der Waals surface area (Å²) in [6, 6.07) is -0.0799. The lowest BCUT2D eigenvalue weighted by Gasteiger charge is -2.19. The van der Waals surface area contributed by atoms with Crippen LogP contribution in [0, 0.1) is 0 Å². The van der Waals surface area contributed by atoms with Crippen LogP contribution in [0.2, 0.25) is 0 Å². The van der Waals surface area contributed by atoms with E-state index in [0.717, 1.165) is 24.2 Å². The van der Waals surface area contributed by atoms with E-state index < -0.39 is 16.0 Å². The molecule has 17 heavy (non-hydrogen) atoms. The van der Waals surface area contributed by atoms with Crippen molar-refractivity contribution in [2.45, 2.75) is 30.0 Å². The third kappa shape index (κ3) is 2.07. The molecule has 1 N–H and O–H groups in total. The predicted molar refractivity (Wildman–Crippen MR) is 61.7 cm³/mol. The lowest BCUT2D eigenvalue weighted by Crippen LogP contribution is -2.34. The number of rotatable bonds is 3. The van der Waals surface area contributed by atoms with Gasteiger partial charge in [-0.25, -0.2) is 18.2 Å². The normalized spacial score (nSPS) is 21.8. The zero-order valence-corrected chi connectivity index (χ0v) is 10.8. The first-order valence-corrected chi connectivity index (χ1v) is 7.45. The molecule has 2 rings (SSSR count). The fourth-order valence-electron chi connectivity index (χ4n) is 1.93. The van der Waals surface area contributed by atoms with E-state index in [0.29, 0.717) is 6.54 Å². The molecule has 1 saturated heterocycles. The Balaban J connectivity index is 2.45. The summed E-state index contributed by atoms with van der Waals surface area (Å²) in [6.07, 6.45) is 1.61. The summed E-state index contributed by atoms with van der Waals surface area (Å²) in [5.74, 6) is -1.31. The second-order valence-electron chi connectivity index (χ2n) is 3.90. The number of hydrogen-bond acceptors (Lipinski definition) is 5. The molecule has 0 radical (unpaired) electrons. The summed E-state index contributed by atoms with van der Waals surface area (Å²) in [6.45, 7) is 2.27. The summed E-state index contributed by atoms with van der Waals surface area (Å²) in [7, 11) is -3.71. The fourth-order valence-corrected chi connectivity index (χ4v) is 4.89. The number of carboxylic acids is 1. The first-order valence-electron chi connectivity index (χ1n) is 5.13. The molecule has 2 heterocycles. The zero-order chi connectivity index (χ0) is 12.6. The second-order valence-corrected chi connectivity index (χ2v) is 6.84. The molecule has 1 aliphatic rings. The Labute approximate surface area is 103 Å². The maximum Gasteiger partial charge on any atom is 0.356 e. The molecule has 0 aromatic carbocycles. The molecule has 94 valence electrons. The van der Waals surface area contributed by atoms with Gasteiger partial charge in [0.1, 0.15) is 0 Å². The molecule has 0 bridgehead atoms. The standard InChI is InChI=1S/C9H12N2O4S2/c1-6-3-2-4-11(6)17(14,15)9-7(8(12)13)10-5-16-9/h5-6H,2-4H2,1H3,(H,12,13). The zero-order valence-electron chi connectivity index (χ0n) is 9.16. The van der Waals surface area contributed by atoms with Gasteiger partial charge in [-0.05, 0) is 19.8 Å². The van der Waals surface area contributed by atoms with E-state index in [1.54, 1.807) is 0 Å². The van der Waals surface area contributed by atoms with E-state index >= 15 is 0 Å². The molecule has 1 atom stereocenters. The van der Waals surface area contributed by atoms with Gasteiger partial charge in [-0.3, -0.25) is 0 Å². The summed E-state index contributed by atoms with van der Waals surface area (Å²) < 4.78 is 25.7. The van der Waals surface area contributed by atoms with Crippen LogP contribution < -0.4 is 0 Å². The molecule has 0 aliphatic carbocycles. The molecule has 1 unspecified atom stereocenters. The molecular weight excluding hydrogens is 264 g/mol. The number of hydrogen-bond donors (Lipinski definition) is 1. The quantitative estimate of drug-likeness (QED) is 0.890. The highest BCUT2D eigenvalue weighted by atomic mass is 32.2. The molecular formula is C9H12N2O4S2. The van der Waals surface area contributed by atoms with Crippen molar-refractivity contribution in [3.05, 3.63) is 11.2 Å². The predicted octanol–water partition coefficient (Wildman–Crippen LogP) is 1.01. The number of carboxylic acid groups (broad SMARTS) is 1. The van der Waals surface area contributed by atoms with E-state index in [1.807, 2.05) is 6.92 Å². The van der Waals surface area contributed by atoms with Crippen LogP contribution in [-0.2, 0) is 10.0 Å².